The van der Waals surface area contributed by atoms with Gasteiger partial charge in [0.05, 0.1) is 0 Å². The van der Waals surface area contributed by atoms with Crippen molar-refractivity contribution < 1.29 is 0 Å². The van der Waals surface area contributed by atoms with Crippen LogP contribution in [-0.2, 0) is 0 Å². The summed E-state index contributed by atoms with van der Waals surface area (Å²) in [5, 5.41) is 0. The molecule has 0 aromatic carbocycles. The van der Waals surface area contributed by atoms with Crippen LogP contribution in [0.2, 0.25) is 0 Å². The topological polar surface area (TPSA) is 32.5 Å². The maximum absolute atomic E-state index is 6.10. The maximum Gasteiger partial charge on any atom is 0.0170 e. The molecule has 3 nitrogen and oxygen atoms in total. The molecule has 1 aliphatic heterocycles. The number of hydrogen-bond acceptors (Lipinski definition) is 3. The van der Waals surface area contributed by atoms with E-state index in [1.54, 1.807) is 0 Å². The van der Waals surface area contributed by atoms with Crippen molar-refractivity contribution in [2.45, 2.75) is 39.2 Å². The second-order valence-corrected chi connectivity index (χ2v) is 5.70. The fourth-order valence-electron chi connectivity index (χ4n) is 2.49. The number of nitrogens with two attached hydrogens (primary N) is 1. The van der Waals surface area contributed by atoms with E-state index in [4.69, 9.17) is 5.73 Å². The van der Waals surface area contributed by atoms with Crippen LogP contribution in [0, 0.1) is 5.92 Å². The van der Waals surface area contributed by atoms with E-state index >= 15 is 0 Å². The molecule has 1 atom stereocenters. The third kappa shape index (κ3) is 5.83. The summed E-state index contributed by atoms with van der Waals surface area (Å²) in [6.07, 6.45) is 3.90. The van der Waals surface area contributed by atoms with Crippen molar-refractivity contribution >= 4 is 0 Å². The Hall–Kier alpha value is -0.120. The van der Waals surface area contributed by atoms with Gasteiger partial charge in [0.1, 0.15) is 0 Å². The van der Waals surface area contributed by atoms with Crippen LogP contribution in [0.25, 0.3) is 0 Å². The summed E-state index contributed by atoms with van der Waals surface area (Å²) in [4.78, 5) is 4.94. The fourth-order valence-corrected chi connectivity index (χ4v) is 2.49. The van der Waals surface area contributed by atoms with E-state index < -0.39 is 0 Å². The van der Waals surface area contributed by atoms with Crippen molar-refractivity contribution in [3.8, 4) is 0 Å². The van der Waals surface area contributed by atoms with Crippen LogP contribution in [0.4, 0.5) is 0 Å². The molecular formula is C13H29N3. The molecule has 1 heterocycles. The van der Waals surface area contributed by atoms with Gasteiger partial charge in [-0.05, 0) is 45.3 Å². The lowest BCUT2D eigenvalue weighted by Crippen LogP contribution is -2.39. The van der Waals surface area contributed by atoms with Gasteiger partial charge in [0.15, 0.2) is 0 Å². The lowest BCUT2D eigenvalue weighted by molar-refractivity contribution is 0.241. The predicted molar refractivity (Wildman–Crippen MR) is 70.6 cm³/mol. The highest BCUT2D eigenvalue weighted by Crippen LogP contribution is 2.07. The zero-order chi connectivity index (χ0) is 12.0. The summed E-state index contributed by atoms with van der Waals surface area (Å²) in [7, 11) is 2.19. The molecule has 0 saturated carbocycles. The summed E-state index contributed by atoms with van der Waals surface area (Å²) in [6, 6.07) is 0.337. The minimum Gasteiger partial charge on any atom is -0.327 e. The minimum absolute atomic E-state index is 0.337. The van der Waals surface area contributed by atoms with E-state index in [1.807, 2.05) is 0 Å². The van der Waals surface area contributed by atoms with Gasteiger partial charge in [-0.2, -0.15) is 0 Å². The molecule has 2 N–H and O–H groups in total. The molecule has 1 rings (SSSR count). The average molecular weight is 227 g/mol. The highest BCUT2D eigenvalue weighted by atomic mass is 15.2. The van der Waals surface area contributed by atoms with Gasteiger partial charge < -0.3 is 15.5 Å². The van der Waals surface area contributed by atoms with Crippen LogP contribution in [0.15, 0.2) is 0 Å². The molecule has 96 valence electrons. The van der Waals surface area contributed by atoms with Gasteiger partial charge in [-0.15, -0.1) is 0 Å². The first kappa shape index (κ1) is 13.9. The normalized spacial score (nSPS) is 19.9. The Balaban J connectivity index is 2.07. The maximum atomic E-state index is 6.10. The first-order chi connectivity index (χ1) is 7.58. The van der Waals surface area contributed by atoms with Gasteiger partial charge in [0.25, 0.3) is 0 Å². The molecule has 1 aliphatic rings. The molecule has 0 spiro atoms. The minimum atomic E-state index is 0.337. The molecule has 0 aromatic heterocycles. The van der Waals surface area contributed by atoms with Crippen LogP contribution in [0.3, 0.4) is 0 Å². The quantitative estimate of drug-likeness (QED) is 0.713. The van der Waals surface area contributed by atoms with Gasteiger partial charge in [-0.25, -0.2) is 0 Å². The molecule has 0 amide bonds. The van der Waals surface area contributed by atoms with Gasteiger partial charge in [0.2, 0.25) is 0 Å². The van der Waals surface area contributed by atoms with Crippen LogP contribution in [0.1, 0.15) is 33.1 Å². The standard InChI is InChI=1S/C13H29N3/c1-12(2)10-13(14)11-15(3)8-9-16-6-4-5-7-16/h12-13H,4-11,14H2,1-3H3. The van der Waals surface area contributed by atoms with Gasteiger partial charge >= 0.3 is 0 Å². The van der Waals surface area contributed by atoms with Crippen LogP contribution < -0.4 is 5.73 Å². The number of likely N-dealkylation sites (N-methyl/N-ethyl adjacent to an activating group) is 1. The molecule has 16 heavy (non-hydrogen) atoms. The largest absolute Gasteiger partial charge is 0.327 e. The van der Waals surface area contributed by atoms with Crippen molar-refractivity contribution in [1.82, 2.24) is 9.80 Å². The van der Waals surface area contributed by atoms with Gasteiger partial charge in [-0.1, -0.05) is 13.8 Å². The zero-order valence-corrected chi connectivity index (χ0v) is 11.3. The summed E-state index contributed by atoms with van der Waals surface area (Å²) in [5.41, 5.74) is 6.10. The predicted octanol–water partition coefficient (Wildman–Crippen LogP) is 1.39. The highest BCUT2D eigenvalue weighted by Gasteiger charge is 2.13. The Labute approximate surface area is 101 Å². The number of rotatable bonds is 7. The Morgan fingerprint density at radius 2 is 1.88 bits per heavy atom. The van der Waals surface area contributed by atoms with E-state index in [0.29, 0.717) is 12.0 Å². The second kappa shape index (κ2) is 7.25. The van der Waals surface area contributed by atoms with E-state index in [2.05, 4.69) is 30.7 Å². The molecule has 1 unspecified atom stereocenters. The lowest BCUT2D eigenvalue weighted by Gasteiger charge is -2.24. The molecule has 0 bridgehead atoms. The summed E-state index contributed by atoms with van der Waals surface area (Å²) < 4.78 is 0. The average Bonchev–Trinajstić information content (AvgIpc) is 2.65. The van der Waals surface area contributed by atoms with Gasteiger partial charge in [0, 0.05) is 25.7 Å². The monoisotopic (exact) mass is 227 g/mol. The Morgan fingerprint density at radius 1 is 1.25 bits per heavy atom. The molecule has 1 fully saturated rings. The zero-order valence-electron chi connectivity index (χ0n) is 11.3. The first-order valence-electron chi connectivity index (χ1n) is 6.74. The van der Waals surface area contributed by atoms with Crippen LogP contribution in [-0.4, -0.2) is 55.6 Å². The molecule has 0 aliphatic carbocycles. The SMILES string of the molecule is CC(C)CC(N)CN(C)CCN1CCCC1. The third-order valence-electron chi connectivity index (χ3n) is 3.32. The molecule has 1 saturated heterocycles. The fraction of sp³-hybridized carbons (Fsp3) is 1.00. The summed E-state index contributed by atoms with van der Waals surface area (Å²) in [6.45, 7) is 10.5. The van der Waals surface area contributed by atoms with E-state index in [0.717, 1.165) is 19.5 Å². The van der Waals surface area contributed by atoms with Crippen molar-refractivity contribution in [2.24, 2.45) is 11.7 Å². The molecule has 0 radical (unpaired) electrons. The van der Waals surface area contributed by atoms with Crippen LogP contribution in [0.5, 0.6) is 0 Å². The molecule has 0 aromatic rings. The van der Waals surface area contributed by atoms with Crippen LogP contribution >= 0.6 is 0 Å². The number of hydrogen-bond donors (Lipinski definition) is 1. The highest BCUT2D eigenvalue weighted by molar-refractivity contribution is 4.71. The van der Waals surface area contributed by atoms with Crippen molar-refractivity contribution in [1.29, 1.82) is 0 Å². The Bertz CT molecular complexity index is 176. The van der Waals surface area contributed by atoms with Crippen molar-refractivity contribution in [3.05, 3.63) is 0 Å². The second-order valence-electron chi connectivity index (χ2n) is 5.70. The smallest absolute Gasteiger partial charge is 0.0170 e. The Morgan fingerprint density at radius 3 is 2.44 bits per heavy atom. The lowest BCUT2D eigenvalue weighted by atomic mass is 10.0. The summed E-state index contributed by atoms with van der Waals surface area (Å²) >= 11 is 0. The third-order valence-corrected chi connectivity index (χ3v) is 3.32. The van der Waals surface area contributed by atoms with E-state index in [-0.39, 0.29) is 0 Å². The van der Waals surface area contributed by atoms with Crippen molar-refractivity contribution in [3.63, 3.8) is 0 Å². The number of likely N-dealkylation sites (tertiary alicyclic amines) is 1. The van der Waals surface area contributed by atoms with Crippen molar-refractivity contribution in [2.75, 3.05) is 39.8 Å². The number of nitrogens with zero attached hydrogens (tertiary/aromatic N) is 2. The molecular weight excluding hydrogens is 198 g/mol. The molecule has 3 heteroatoms. The first-order valence-corrected chi connectivity index (χ1v) is 6.74. The van der Waals surface area contributed by atoms with Gasteiger partial charge in [-0.3, -0.25) is 0 Å². The van der Waals surface area contributed by atoms with E-state index in [1.165, 1.54) is 32.5 Å². The van der Waals surface area contributed by atoms with E-state index in [9.17, 15) is 0 Å². The Kier molecular flexibility index (Phi) is 6.32. The summed E-state index contributed by atoms with van der Waals surface area (Å²) in [5.74, 6) is 0.710.